The SMILES string of the molecule is CC(=O)NC1C(OC2C(O)C(OC3CC4(C)C(CCC5(C)C(CCC(N)C(=O)O)C(C)=CCC54)C(C)(C)C3O)OC(C)C2OC(=O)c2cccc(O)c2)OC(CO)C(O)C1O. The lowest BCUT2D eigenvalue weighted by Gasteiger charge is -2.67. The quantitative estimate of drug-likeness (QED) is 0.0822. The number of aliphatic carboxylic acids is 1. The largest absolute Gasteiger partial charge is 0.508 e. The third-order valence-corrected chi connectivity index (χ3v) is 15.0. The number of carbonyl (C=O) groups excluding carboxylic acids is 2. The fourth-order valence-corrected chi connectivity index (χ4v) is 11.9. The molecule has 0 bridgehead atoms. The second-order valence-electron chi connectivity index (χ2n) is 19.2. The number of carboxylic acid groups (broad SMARTS) is 1. The number of hydrogen-bond acceptors (Lipinski definition) is 15. The number of aromatic hydroxyl groups is 1. The predicted molar refractivity (Wildman–Crippen MR) is 216 cm³/mol. The van der Waals surface area contributed by atoms with Gasteiger partial charge in [-0.3, -0.25) is 9.59 Å². The summed E-state index contributed by atoms with van der Waals surface area (Å²) in [6.45, 7) is 12.7. The molecule has 2 heterocycles. The number of phenolic OH excluding ortho intramolecular Hbond substituents is 1. The number of aliphatic hydroxyl groups is 5. The van der Waals surface area contributed by atoms with Crippen LogP contribution < -0.4 is 11.1 Å². The highest BCUT2D eigenvalue weighted by Gasteiger charge is 2.65. The van der Waals surface area contributed by atoms with Crippen molar-refractivity contribution in [2.45, 2.75) is 167 Å². The van der Waals surface area contributed by atoms with E-state index in [-0.39, 0.29) is 34.5 Å². The Kier molecular flexibility index (Phi) is 14.0. The van der Waals surface area contributed by atoms with Gasteiger partial charge in [0.15, 0.2) is 18.7 Å². The molecule has 5 aliphatic rings. The van der Waals surface area contributed by atoms with Gasteiger partial charge in [-0.1, -0.05) is 45.4 Å². The van der Waals surface area contributed by atoms with Crippen molar-refractivity contribution in [2.75, 3.05) is 6.61 Å². The summed E-state index contributed by atoms with van der Waals surface area (Å²) in [4.78, 5) is 37.4. The van der Waals surface area contributed by atoms with Crippen LogP contribution in [0.2, 0.25) is 0 Å². The average molecular weight is 863 g/mol. The third-order valence-electron chi connectivity index (χ3n) is 15.0. The van der Waals surface area contributed by atoms with Crippen LogP contribution in [0.25, 0.3) is 0 Å². The maximum Gasteiger partial charge on any atom is 0.338 e. The Bertz CT molecular complexity index is 1790. The molecule has 17 heteroatoms. The number of nitrogens with one attached hydrogen (secondary N) is 1. The van der Waals surface area contributed by atoms with Gasteiger partial charge in [0.1, 0.15) is 48.4 Å². The third kappa shape index (κ3) is 8.97. The standard InChI is InChI=1S/C44H66N2O15/c1-20-11-14-30-43(6,25(20)12-13-26(45)38(54)55)16-15-29-42(4,5)37(53)27(18-44(29,30)7)58-41-34(52)36(35(21(2)57-41)60-39(56)23-9-8-10-24(49)17-23)61-40-31(46-22(3)48)33(51)32(50)28(19-47)59-40/h8-11,17,21,25-37,40-41,47,49-53H,12-16,18-19,45H2,1-7H3,(H,46,48)(H,54,55). The zero-order chi connectivity index (χ0) is 44.9. The molecular weight excluding hydrogens is 796 g/mol. The van der Waals surface area contributed by atoms with E-state index in [1.807, 2.05) is 13.8 Å². The van der Waals surface area contributed by atoms with E-state index in [2.05, 4.69) is 32.2 Å². The van der Waals surface area contributed by atoms with Crippen molar-refractivity contribution in [3.63, 3.8) is 0 Å². The minimum atomic E-state index is -1.75. The molecule has 18 unspecified atom stereocenters. The monoisotopic (exact) mass is 862 g/mol. The molecule has 342 valence electrons. The number of carbonyl (C=O) groups is 3. The molecule has 2 aliphatic heterocycles. The Morgan fingerprint density at radius 3 is 2.31 bits per heavy atom. The van der Waals surface area contributed by atoms with E-state index in [0.29, 0.717) is 19.3 Å². The van der Waals surface area contributed by atoms with Crippen molar-refractivity contribution in [3.05, 3.63) is 41.5 Å². The van der Waals surface area contributed by atoms with Crippen molar-refractivity contribution in [2.24, 2.45) is 39.7 Å². The van der Waals surface area contributed by atoms with Gasteiger partial charge in [-0.25, -0.2) is 4.79 Å². The number of ether oxygens (including phenoxy) is 5. The number of fused-ring (bicyclic) bond motifs is 3. The van der Waals surface area contributed by atoms with Gasteiger partial charge in [0.25, 0.3) is 0 Å². The van der Waals surface area contributed by atoms with Crippen molar-refractivity contribution >= 4 is 17.8 Å². The molecular formula is C44H66N2O15. The highest BCUT2D eigenvalue weighted by molar-refractivity contribution is 5.90. The molecule has 0 spiro atoms. The van der Waals surface area contributed by atoms with Crippen LogP contribution in [-0.2, 0) is 33.3 Å². The van der Waals surface area contributed by atoms with E-state index in [9.17, 15) is 50.1 Å². The van der Waals surface area contributed by atoms with Crippen LogP contribution in [0.15, 0.2) is 35.9 Å². The lowest BCUT2D eigenvalue weighted by Crippen LogP contribution is -2.68. The molecule has 1 aromatic rings. The maximum atomic E-state index is 13.5. The normalized spacial score (nSPS) is 42.6. The lowest BCUT2D eigenvalue weighted by atomic mass is 9.39. The first-order valence-electron chi connectivity index (χ1n) is 21.4. The Balaban J connectivity index is 1.31. The summed E-state index contributed by atoms with van der Waals surface area (Å²) >= 11 is 0. The lowest BCUT2D eigenvalue weighted by molar-refractivity contribution is -0.358. The van der Waals surface area contributed by atoms with Gasteiger partial charge in [-0.2, -0.15) is 0 Å². The zero-order valence-electron chi connectivity index (χ0n) is 36.0. The van der Waals surface area contributed by atoms with Crippen LogP contribution >= 0.6 is 0 Å². The second kappa shape index (κ2) is 18.1. The van der Waals surface area contributed by atoms with E-state index < -0.39 is 115 Å². The molecule has 2 saturated carbocycles. The molecule has 61 heavy (non-hydrogen) atoms. The van der Waals surface area contributed by atoms with Crippen LogP contribution in [0, 0.1) is 34.0 Å². The summed E-state index contributed by atoms with van der Waals surface area (Å²) < 4.78 is 31.0. The molecule has 1 amide bonds. The van der Waals surface area contributed by atoms with E-state index in [0.717, 1.165) is 19.3 Å². The van der Waals surface area contributed by atoms with Crippen LogP contribution in [0.3, 0.4) is 0 Å². The topological polar surface area (TPSA) is 277 Å². The number of amides is 1. The summed E-state index contributed by atoms with van der Waals surface area (Å²) in [6, 6.07) is 3.07. The first-order chi connectivity index (χ1) is 28.5. The molecule has 0 radical (unpaired) electrons. The number of rotatable bonds is 12. The summed E-state index contributed by atoms with van der Waals surface area (Å²) in [5.74, 6) is -2.44. The number of nitrogens with two attached hydrogens (primary N) is 1. The molecule has 3 aliphatic carbocycles. The van der Waals surface area contributed by atoms with Gasteiger partial charge in [0, 0.05) is 6.92 Å². The van der Waals surface area contributed by atoms with Gasteiger partial charge in [-0.15, -0.1) is 0 Å². The Labute approximate surface area is 356 Å². The van der Waals surface area contributed by atoms with E-state index in [1.165, 1.54) is 36.8 Å². The first kappa shape index (κ1) is 47.3. The van der Waals surface area contributed by atoms with Crippen molar-refractivity contribution in [3.8, 4) is 5.75 Å². The number of carboxylic acids is 1. The highest BCUT2D eigenvalue weighted by Crippen LogP contribution is 2.69. The van der Waals surface area contributed by atoms with Gasteiger partial charge in [0.2, 0.25) is 5.91 Å². The molecule has 0 aromatic heterocycles. The van der Waals surface area contributed by atoms with Gasteiger partial charge < -0.3 is 70.5 Å². The Hall–Kier alpha value is -3.23. The van der Waals surface area contributed by atoms with Crippen LogP contribution in [0.4, 0.5) is 0 Å². The van der Waals surface area contributed by atoms with Crippen LogP contribution in [-0.4, -0.2) is 140 Å². The number of benzene rings is 1. The molecule has 10 N–H and O–H groups in total. The van der Waals surface area contributed by atoms with Crippen LogP contribution in [0.1, 0.15) is 97.3 Å². The first-order valence-corrected chi connectivity index (χ1v) is 21.4. The summed E-state index contributed by atoms with van der Waals surface area (Å²) in [7, 11) is 0. The number of esters is 1. The van der Waals surface area contributed by atoms with Crippen molar-refractivity contribution < 1.29 is 73.8 Å². The molecule has 6 rings (SSSR count). The minimum Gasteiger partial charge on any atom is -0.508 e. The van der Waals surface area contributed by atoms with Crippen molar-refractivity contribution in [1.82, 2.24) is 5.32 Å². The molecule has 18 atom stereocenters. The van der Waals surface area contributed by atoms with E-state index in [4.69, 9.17) is 29.4 Å². The van der Waals surface area contributed by atoms with Gasteiger partial charge in [0.05, 0.1) is 30.5 Å². The molecule has 4 fully saturated rings. The average Bonchev–Trinajstić information content (AvgIpc) is 3.18. The number of hydrogen-bond donors (Lipinski definition) is 9. The fourth-order valence-electron chi connectivity index (χ4n) is 11.9. The number of phenols is 1. The van der Waals surface area contributed by atoms with Gasteiger partial charge >= 0.3 is 11.9 Å². The molecule has 2 saturated heterocycles. The minimum absolute atomic E-state index is 0.0164. The Morgan fingerprint density at radius 2 is 1.67 bits per heavy atom. The highest BCUT2D eigenvalue weighted by atomic mass is 16.7. The Morgan fingerprint density at radius 1 is 0.967 bits per heavy atom. The summed E-state index contributed by atoms with van der Waals surface area (Å²) in [5, 5.41) is 78.2. The van der Waals surface area contributed by atoms with Crippen molar-refractivity contribution in [1.29, 1.82) is 0 Å². The van der Waals surface area contributed by atoms with E-state index >= 15 is 0 Å². The van der Waals surface area contributed by atoms with E-state index in [1.54, 1.807) is 6.92 Å². The second-order valence-corrected chi connectivity index (χ2v) is 19.2. The van der Waals surface area contributed by atoms with Crippen LogP contribution in [0.5, 0.6) is 5.75 Å². The smallest absolute Gasteiger partial charge is 0.338 e. The maximum absolute atomic E-state index is 13.5. The number of allylic oxidation sites excluding steroid dienone is 2. The number of aliphatic hydroxyl groups excluding tert-OH is 5. The molecule has 17 nitrogen and oxygen atoms in total. The predicted octanol–water partition coefficient (Wildman–Crippen LogP) is 1.73. The fraction of sp³-hybridized carbons (Fsp3) is 0.750. The van der Waals surface area contributed by atoms with Gasteiger partial charge in [-0.05, 0) is 105 Å². The summed E-state index contributed by atoms with van der Waals surface area (Å²) in [6.07, 6.45) is -9.30. The molecule has 1 aromatic carbocycles. The zero-order valence-corrected chi connectivity index (χ0v) is 36.0. The summed E-state index contributed by atoms with van der Waals surface area (Å²) in [5.41, 5.74) is 5.91.